The molecule has 0 aliphatic rings. The topological polar surface area (TPSA) is 49.7 Å². The third-order valence-electron chi connectivity index (χ3n) is 3.31. The van der Waals surface area contributed by atoms with Gasteiger partial charge in [-0.05, 0) is 19.3 Å². The Morgan fingerprint density at radius 3 is 1.73 bits per heavy atom. The molecule has 0 amide bonds. The molecule has 0 saturated heterocycles. The maximum Gasteiger partial charge on any atom is 0.267 e. The van der Waals surface area contributed by atoms with E-state index >= 15 is 0 Å². The van der Waals surface area contributed by atoms with Crippen LogP contribution in [0, 0.1) is 29.1 Å². The Morgan fingerprint density at radius 1 is 0.773 bits per heavy atom. The van der Waals surface area contributed by atoms with Crippen molar-refractivity contribution in [3.05, 3.63) is 34.6 Å². The summed E-state index contributed by atoms with van der Waals surface area (Å²) >= 11 is 0. The number of hydrogen-bond acceptors (Lipinski definition) is 3. The molecule has 0 saturated carbocycles. The van der Waals surface area contributed by atoms with Gasteiger partial charge >= 0.3 is 0 Å². The Kier molecular flexibility index (Phi) is 6.91. The van der Waals surface area contributed by atoms with E-state index in [9.17, 15) is 22.0 Å². The van der Waals surface area contributed by atoms with Gasteiger partial charge in [0.05, 0.1) is 0 Å². The van der Waals surface area contributed by atoms with Gasteiger partial charge in [0.2, 0.25) is 5.82 Å². The van der Waals surface area contributed by atoms with E-state index in [1.807, 2.05) is 0 Å². The summed E-state index contributed by atoms with van der Waals surface area (Å²) in [5.74, 6) is -11.8. The molecule has 2 N–H and O–H groups in total. The second-order valence-corrected chi connectivity index (χ2v) is 5.32. The Morgan fingerprint density at radius 2 is 1.23 bits per heavy atom. The van der Waals surface area contributed by atoms with Crippen molar-refractivity contribution in [3.8, 4) is 0 Å². The summed E-state index contributed by atoms with van der Waals surface area (Å²) in [6.07, 6.45) is 1.25. The first-order valence-corrected chi connectivity index (χ1v) is 7.53. The van der Waals surface area contributed by atoms with Crippen LogP contribution < -0.4 is 0 Å². The largest absolute Gasteiger partial charge is 0.381 e. The molecule has 0 aromatic heterocycles. The zero-order valence-corrected chi connectivity index (χ0v) is 13.9. The summed E-state index contributed by atoms with van der Waals surface area (Å²) in [7, 11) is 0.160. The van der Waals surface area contributed by atoms with Gasteiger partial charge in [-0.2, -0.15) is 0 Å². The van der Waals surface area contributed by atoms with Gasteiger partial charge in [-0.25, -0.2) is 22.0 Å². The molecule has 0 spiro atoms. The predicted molar refractivity (Wildman–Crippen MR) is 71.2 cm³/mol. The maximum absolute atomic E-state index is 13.4. The first kappa shape index (κ1) is 19.0. The van der Waals surface area contributed by atoms with Gasteiger partial charge in [0, 0.05) is 12.0 Å². The van der Waals surface area contributed by atoms with Crippen LogP contribution in [0.25, 0.3) is 0 Å². The van der Waals surface area contributed by atoms with E-state index < -0.39 is 40.6 Å². The molecule has 1 rings (SSSR count). The second kappa shape index (κ2) is 8.00. The predicted octanol–water partition coefficient (Wildman–Crippen LogP) is 1.81. The maximum atomic E-state index is 13.4. The summed E-state index contributed by atoms with van der Waals surface area (Å²) in [5.41, 5.74) is -0.821. The highest BCUT2D eigenvalue weighted by Crippen LogP contribution is 2.24. The van der Waals surface area contributed by atoms with Crippen LogP contribution in [0.5, 0.6) is 0 Å². The van der Waals surface area contributed by atoms with Crippen LogP contribution in [0.4, 0.5) is 22.0 Å². The van der Waals surface area contributed by atoms with E-state index in [0.717, 1.165) is 0 Å². The van der Waals surface area contributed by atoms with Crippen LogP contribution in [0.3, 0.4) is 0 Å². The molecule has 0 aliphatic heterocycles. The fourth-order valence-corrected chi connectivity index (χ4v) is 2.19. The highest BCUT2D eigenvalue weighted by molar-refractivity contribution is 5.98. The van der Waals surface area contributed by atoms with Gasteiger partial charge in [0.15, 0.2) is 33.8 Å². The number of hydrogen-bond donors (Lipinski definition) is 2. The zero-order chi connectivity index (χ0) is 16.9. The molecule has 0 fully saturated rings. The molecule has 0 aliphatic carbocycles. The first-order valence-electron chi connectivity index (χ1n) is 6.71. The van der Waals surface area contributed by atoms with Gasteiger partial charge in [-0.1, -0.05) is 12.8 Å². The van der Waals surface area contributed by atoms with Gasteiger partial charge in [0.1, 0.15) is 0 Å². The SMILES string of the molecule is OC(O)(CCCCCCc1c(F)c(F)c(F)c(F)c1F)O[SiH3]. The van der Waals surface area contributed by atoms with Crippen molar-refractivity contribution in [1.82, 2.24) is 0 Å². The smallest absolute Gasteiger partial charge is 0.267 e. The van der Waals surface area contributed by atoms with E-state index in [2.05, 4.69) is 4.43 Å². The molecule has 0 bridgehead atoms. The molecule has 9 heteroatoms. The van der Waals surface area contributed by atoms with Crippen LogP contribution in [0.2, 0.25) is 0 Å². The average molecular weight is 344 g/mol. The summed E-state index contributed by atoms with van der Waals surface area (Å²) in [5, 5.41) is 18.3. The van der Waals surface area contributed by atoms with Gasteiger partial charge < -0.3 is 14.6 Å². The van der Waals surface area contributed by atoms with Gasteiger partial charge in [-0.3, -0.25) is 0 Å². The zero-order valence-electron chi connectivity index (χ0n) is 11.9. The van der Waals surface area contributed by atoms with Crippen LogP contribution in [0.15, 0.2) is 0 Å². The molecule has 0 atom stereocenters. The van der Waals surface area contributed by atoms with Crippen LogP contribution in [0.1, 0.15) is 37.7 Å². The minimum Gasteiger partial charge on any atom is -0.381 e. The Bertz CT molecular complexity index is 496. The molecule has 0 radical (unpaired) electrons. The second-order valence-electron chi connectivity index (χ2n) is 4.91. The third kappa shape index (κ3) is 4.73. The first-order chi connectivity index (χ1) is 10.2. The van der Waals surface area contributed by atoms with Crippen molar-refractivity contribution >= 4 is 10.5 Å². The highest BCUT2D eigenvalue weighted by Gasteiger charge is 2.25. The number of rotatable bonds is 8. The van der Waals surface area contributed by atoms with E-state index in [4.69, 9.17) is 10.2 Å². The third-order valence-corrected chi connectivity index (χ3v) is 3.96. The van der Waals surface area contributed by atoms with Crippen molar-refractivity contribution < 1.29 is 36.6 Å². The Balaban J connectivity index is 2.50. The molecule has 1 aromatic rings. The minimum absolute atomic E-state index is 0.0149. The average Bonchev–Trinajstić information content (AvgIpc) is 2.49. The number of aliphatic hydroxyl groups is 2. The molecule has 0 heterocycles. The summed E-state index contributed by atoms with van der Waals surface area (Å²) in [6, 6.07) is 0. The minimum atomic E-state index is -2.16. The monoisotopic (exact) mass is 344 g/mol. The fraction of sp³-hybridized carbons (Fsp3) is 0.538. The quantitative estimate of drug-likeness (QED) is 0.189. The Labute approximate surface area is 127 Å². The van der Waals surface area contributed by atoms with Crippen molar-refractivity contribution in [1.29, 1.82) is 0 Å². The lowest BCUT2D eigenvalue weighted by Gasteiger charge is -2.19. The number of unbranched alkanes of at least 4 members (excludes halogenated alkanes) is 3. The fourth-order valence-electron chi connectivity index (χ4n) is 1.98. The molecule has 126 valence electrons. The standard InChI is InChI=1S/C13H17F5O3Si/c14-8-7(9(15)11(17)12(18)10(8)16)5-3-1-2-4-6-13(19,20)21-22/h19-20H,1-6H2,22H3. The van der Waals surface area contributed by atoms with E-state index in [1.54, 1.807) is 0 Å². The molecular weight excluding hydrogens is 327 g/mol. The molecule has 0 unspecified atom stereocenters. The van der Waals surface area contributed by atoms with Crippen LogP contribution in [-0.2, 0) is 10.8 Å². The lowest BCUT2D eigenvalue weighted by molar-refractivity contribution is -0.295. The Hall–Kier alpha value is -1.03. The lowest BCUT2D eigenvalue weighted by Crippen LogP contribution is -2.30. The van der Waals surface area contributed by atoms with Crippen molar-refractivity contribution in [2.45, 2.75) is 44.5 Å². The van der Waals surface area contributed by atoms with Crippen molar-refractivity contribution in [2.24, 2.45) is 0 Å². The van der Waals surface area contributed by atoms with Crippen LogP contribution in [-0.4, -0.2) is 26.7 Å². The molecule has 22 heavy (non-hydrogen) atoms. The molecule has 3 nitrogen and oxygen atoms in total. The van der Waals surface area contributed by atoms with E-state index in [0.29, 0.717) is 19.3 Å². The van der Waals surface area contributed by atoms with E-state index in [1.165, 1.54) is 0 Å². The van der Waals surface area contributed by atoms with Crippen molar-refractivity contribution in [3.63, 3.8) is 0 Å². The lowest BCUT2D eigenvalue weighted by atomic mass is 10.0. The van der Waals surface area contributed by atoms with Crippen LogP contribution >= 0.6 is 0 Å². The van der Waals surface area contributed by atoms with Gasteiger partial charge in [-0.15, -0.1) is 0 Å². The molecular formula is C13H17F5O3Si. The number of benzene rings is 1. The van der Waals surface area contributed by atoms with Crippen molar-refractivity contribution in [2.75, 3.05) is 0 Å². The summed E-state index contributed by atoms with van der Waals surface area (Å²) in [4.78, 5) is 0. The molecule has 1 aromatic carbocycles. The summed E-state index contributed by atoms with van der Waals surface area (Å²) in [6.45, 7) is 0. The number of halogens is 5. The summed E-state index contributed by atoms with van der Waals surface area (Å²) < 4.78 is 70.1. The van der Waals surface area contributed by atoms with Gasteiger partial charge in [0.25, 0.3) is 5.97 Å². The normalized spacial score (nSPS) is 12.1. The van der Waals surface area contributed by atoms with E-state index in [-0.39, 0.29) is 29.7 Å². The highest BCUT2D eigenvalue weighted by atomic mass is 28.2.